The third-order valence-corrected chi connectivity index (χ3v) is 3.69. The molecule has 0 radical (unpaired) electrons. The van der Waals surface area contributed by atoms with E-state index in [1.54, 1.807) is 12.1 Å². The lowest BCUT2D eigenvalue weighted by molar-refractivity contribution is 0.102. The van der Waals surface area contributed by atoms with Gasteiger partial charge in [-0.15, -0.1) is 10.2 Å². The summed E-state index contributed by atoms with van der Waals surface area (Å²) in [5.74, 6) is 0.360. The zero-order valence-corrected chi connectivity index (χ0v) is 14.3. The molecule has 3 rings (SSSR count). The maximum atomic E-state index is 12.3. The van der Waals surface area contributed by atoms with Crippen LogP contribution in [0, 0.1) is 13.8 Å². The normalized spacial score (nSPS) is 10.3. The van der Waals surface area contributed by atoms with Crippen molar-refractivity contribution in [3.63, 3.8) is 0 Å². The molecule has 0 atom stereocenters. The van der Waals surface area contributed by atoms with E-state index in [4.69, 9.17) is 0 Å². The van der Waals surface area contributed by atoms with E-state index in [-0.39, 0.29) is 11.6 Å². The molecular weight excluding hydrogens is 312 g/mol. The van der Waals surface area contributed by atoms with Crippen molar-refractivity contribution in [2.75, 3.05) is 10.6 Å². The molecule has 5 heteroatoms. The minimum atomic E-state index is -0.271. The maximum Gasteiger partial charge on any atom is 0.276 e. The largest absolute Gasteiger partial charge is 0.365 e. The van der Waals surface area contributed by atoms with Crippen LogP contribution in [0.25, 0.3) is 0 Å². The van der Waals surface area contributed by atoms with Gasteiger partial charge in [-0.3, -0.25) is 4.79 Å². The molecule has 0 aliphatic rings. The van der Waals surface area contributed by atoms with Crippen LogP contribution in [0.1, 0.15) is 27.2 Å². The van der Waals surface area contributed by atoms with Gasteiger partial charge in [0.05, 0.1) is 0 Å². The van der Waals surface area contributed by atoms with Crippen LogP contribution in [-0.4, -0.2) is 16.1 Å². The van der Waals surface area contributed by atoms with Gasteiger partial charge in [0.25, 0.3) is 5.91 Å². The molecule has 1 aromatic heterocycles. The van der Waals surface area contributed by atoms with Crippen molar-refractivity contribution in [2.45, 2.75) is 20.4 Å². The first-order valence-corrected chi connectivity index (χ1v) is 8.11. The third-order valence-electron chi connectivity index (χ3n) is 3.69. The van der Waals surface area contributed by atoms with Crippen molar-refractivity contribution in [3.05, 3.63) is 83.0 Å². The Morgan fingerprint density at radius 2 is 1.64 bits per heavy atom. The number of aromatic nitrogens is 2. The highest BCUT2D eigenvalue weighted by molar-refractivity contribution is 6.02. The molecule has 2 aromatic carbocycles. The standard InChI is InChI=1S/C20H20N4O/c1-14-10-15(2)12-17(11-14)22-20(25)18-8-9-19(24-23-18)21-13-16-6-4-3-5-7-16/h3-12H,13H2,1-2H3,(H,21,24)(H,22,25). The van der Waals surface area contributed by atoms with E-state index in [2.05, 4.69) is 26.9 Å². The van der Waals surface area contributed by atoms with E-state index >= 15 is 0 Å². The molecule has 126 valence electrons. The first-order chi connectivity index (χ1) is 12.1. The Kier molecular flexibility index (Phi) is 5.04. The number of hydrogen-bond acceptors (Lipinski definition) is 4. The zero-order chi connectivity index (χ0) is 17.6. The smallest absolute Gasteiger partial charge is 0.276 e. The minimum Gasteiger partial charge on any atom is -0.365 e. The van der Waals surface area contributed by atoms with Crippen LogP contribution in [0.5, 0.6) is 0 Å². The van der Waals surface area contributed by atoms with Crippen LogP contribution < -0.4 is 10.6 Å². The van der Waals surface area contributed by atoms with Crippen LogP contribution in [-0.2, 0) is 6.54 Å². The molecule has 3 aromatic rings. The van der Waals surface area contributed by atoms with Crippen LogP contribution >= 0.6 is 0 Å². The highest BCUT2D eigenvalue weighted by Crippen LogP contribution is 2.15. The minimum absolute atomic E-state index is 0.271. The van der Waals surface area contributed by atoms with Crippen molar-refractivity contribution in [1.82, 2.24) is 10.2 Å². The Bertz CT molecular complexity index is 840. The second-order valence-electron chi connectivity index (χ2n) is 5.97. The van der Waals surface area contributed by atoms with Crippen molar-refractivity contribution < 1.29 is 4.79 Å². The van der Waals surface area contributed by atoms with E-state index in [1.807, 2.05) is 56.3 Å². The van der Waals surface area contributed by atoms with E-state index in [0.717, 1.165) is 22.4 Å². The van der Waals surface area contributed by atoms with Crippen LogP contribution in [0.3, 0.4) is 0 Å². The summed E-state index contributed by atoms with van der Waals surface area (Å²) in [4.78, 5) is 12.3. The second kappa shape index (κ2) is 7.57. The predicted octanol–water partition coefficient (Wildman–Crippen LogP) is 3.96. The zero-order valence-electron chi connectivity index (χ0n) is 14.3. The molecule has 0 saturated carbocycles. The van der Waals surface area contributed by atoms with Gasteiger partial charge in [0.2, 0.25) is 0 Å². The number of benzene rings is 2. The van der Waals surface area contributed by atoms with E-state index in [0.29, 0.717) is 12.4 Å². The quantitative estimate of drug-likeness (QED) is 0.742. The first-order valence-electron chi connectivity index (χ1n) is 8.11. The van der Waals surface area contributed by atoms with Crippen molar-refractivity contribution >= 4 is 17.4 Å². The fourth-order valence-electron chi connectivity index (χ4n) is 2.58. The Morgan fingerprint density at radius 3 is 2.28 bits per heavy atom. The number of rotatable bonds is 5. The average molecular weight is 332 g/mol. The van der Waals surface area contributed by atoms with Crippen LogP contribution in [0.15, 0.2) is 60.7 Å². The average Bonchev–Trinajstić information content (AvgIpc) is 2.60. The fourth-order valence-corrected chi connectivity index (χ4v) is 2.58. The lowest BCUT2D eigenvalue weighted by Crippen LogP contribution is -2.15. The van der Waals surface area contributed by atoms with Crippen LogP contribution in [0.2, 0.25) is 0 Å². The van der Waals surface area contributed by atoms with Gasteiger partial charge in [-0.25, -0.2) is 0 Å². The number of nitrogens with zero attached hydrogens (tertiary/aromatic N) is 2. The topological polar surface area (TPSA) is 66.9 Å². The van der Waals surface area contributed by atoms with Gasteiger partial charge < -0.3 is 10.6 Å². The lowest BCUT2D eigenvalue weighted by Gasteiger charge is -2.08. The van der Waals surface area contributed by atoms with Crippen molar-refractivity contribution in [2.24, 2.45) is 0 Å². The summed E-state index contributed by atoms with van der Waals surface area (Å²) in [5.41, 5.74) is 4.39. The first kappa shape index (κ1) is 16.6. The summed E-state index contributed by atoms with van der Waals surface area (Å²) in [6.45, 7) is 4.65. The summed E-state index contributed by atoms with van der Waals surface area (Å²) < 4.78 is 0. The monoisotopic (exact) mass is 332 g/mol. The molecule has 0 spiro atoms. The van der Waals surface area contributed by atoms with Gasteiger partial charge in [-0.05, 0) is 54.8 Å². The molecule has 0 aliphatic carbocycles. The van der Waals surface area contributed by atoms with Crippen molar-refractivity contribution in [3.8, 4) is 0 Å². The molecule has 0 saturated heterocycles. The fraction of sp³-hybridized carbons (Fsp3) is 0.150. The summed E-state index contributed by atoms with van der Waals surface area (Å²) in [7, 11) is 0. The van der Waals surface area contributed by atoms with Gasteiger partial charge in [0.1, 0.15) is 5.82 Å². The van der Waals surface area contributed by atoms with E-state index in [1.165, 1.54) is 0 Å². The Balaban J connectivity index is 1.62. The Labute approximate surface area is 147 Å². The van der Waals surface area contributed by atoms with Gasteiger partial charge in [-0.1, -0.05) is 36.4 Å². The molecule has 1 amide bonds. The van der Waals surface area contributed by atoms with Gasteiger partial charge in [0, 0.05) is 12.2 Å². The molecule has 0 fully saturated rings. The van der Waals surface area contributed by atoms with Crippen molar-refractivity contribution in [1.29, 1.82) is 0 Å². The summed E-state index contributed by atoms with van der Waals surface area (Å²) in [6, 6.07) is 19.4. The number of nitrogens with one attached hydrogen (secondary N) is 2. The Morgan fingerprint density at radius 1 is 0.920 bits per heavy atom. The SMILES string of the molecule is Cc1cc(C)cc(NC(=O)c2ccc(NCc3ccccc3)nn2)c1. The highest BCUT2D eigenvalue weighted by atomic mass is 16.1. The highest BCUT2D eigenvalue weighted by Gasteiger charge is 2.09. The molecule has 0 bridgehead atoms. The van der Waals surface area contributed by atoms with Gasteiger partial charge >= 0.3 is 0 Å². The Hall–Kier alpha value is -3.21. The number of carbonyl (C=O) groups excluding carboxylic acids is 1. The lowest BCUT2D eigenvalue weighted by atomic mass is 10.1. The number of amides is 1. The number of anilines is 2. The molecule has 2 N–H and O–H groups in total. The molecule has 5 nitrogen and oxygen atoms in total. The van der Waals surface area contributed by atoms with Crippen LogP contribution in [0.4, 0.5) is 11.5 Å². The number of carbonyl (C=O) groups is 1. The molecule has 0 aliphatic heterocycles. The molecular formula is C20H20N4O. The summed E-state index contributed by atoms with van der Waals surface area (Å²) in [5, 5.41) is 14.1. The summed E-state index contributed by atoms with van der Waals surface area (Å²) >= 11 is 0. The van der Waals surface area contributed by atoms with E-state index in [9.17, 15) is 4.79 Å². The van der Waals surface area contributed by atoms with Gasteiger partial charge in [-0.2, -0.15) is 0 Å². The number of aryl methyl sites for hydroxylation is 2. The third kappa shape index (κ3) is 4.64. The maximum absolute atomic E-state index is 12.3. The molecule has 1 heterocycles. The molecule has 25 heavy (non-hydrogen) atoms. The van der Waals surface area contributed by atoms with Gasteiger partial charge in [0.15, 0.2) is 5.69 Å². The summed E-state index contributed by atoms with van der Waals surface area (Å²) in [6.07, 6.45) is 0. The predicted molar refractivity (Wildman–Crippen MR) is 99.7 cm³/mol. The second-order valence-corrected chi connectivity index (χ2v) is 5.97. The van der Waals surface area contributed by atoms with E-state index < -0.39 is 0 Å². The number of hydrogen-bond donors (Lipinski definition) is 2. The molecule has 0 unspecified atom stereocenters.